The van der Waals surface area contributed by atoms with Crippen molar-refractivity contribution in [2.24, 2.45) is 0 Å². The molecule has 0 aromatic heterocycles. The Hall–Kier alpha value is -2.42. The quantitative estimate of drug-likeness (QED) is 0.835. The number of hydrogen-bond acceptors (Lipinski definition) is 4. The predicted octanol–water partition coefficient (Wildman–Crippen LogP) is 3.40. The number of fused-ring (bicyclic) bond motifs is 3. The molecule has 2 unspecified atom stereocenters. The van der Waals surface area contributed by atoms with Gasteiger partial charge in [-0.25, -0.2) is 4.39 Å². The zero-order chi connectivity index (χ0) is 17.7. The van der Waals surface area contributed by atoms with Gasteiger partial charge in [0.05, 0.1) is 11.6 Å². The Morgan fingerprint density at radius 2 is 2.04 bits per heavy atom. The minimum atomic E-state index is -0.276. The molecule has 132 valence electrons. The lowest BCUT2D eigenvalue weighted by molar-refractivity contribution is 0.478. The maximum absolute atomic E-state index is 14.5. The number of benzene rings is 2. The Labute approximate surface area is 152 Å². The average molecular weight is 348 g/mol. The number of halogens is 1. The van der Waals surface area contributed by atoms with Crippen LogP contribution < -0.4 is 10.6 Å². The molecule has 3 aliphatic heterocycles. The van der Waals surface area contributed by atoms with Crippen LogP contribution in [0.5, 0.6) is 0 Å². The molecular formula is C21H21FN4. The van der Waals surface area contributed by atoms with Crippen LogP contribution in [0.3, 0.4) is 0 Å². The highest BCUT2D eigenvalue weighted by molar-refractivity contribution is 5.75. The van der Waals surface area contributed by atoms with Crippen molar-refractivity contribution >= 4 is 5.69 Å². The van der Waals surface area contributed by atoms with Gasteiger partial charge in [0, 0.05) is 36.4 Å². The SMILES string of the molecule is N#Cc1ccc(F)c(-c2cc(NC3CCNCC3)c3c(c2)C2CN2C3)c1. The van der Waals surface area contributed by atoms with Crippen LogP contribution in [0.2, 0.25) is 0 Å². The van der Waals surface area contributed by atoms with Crippen molar-refractivity contribution in [1.82, 2.24) is 10.2 Å². The van der Waals surface area contributed by atoms with Crippen LogP contribution in [-0.4, -0.2) is 30.6 Å². The zero-order valence-corrected chi connectivity index (χ0v) is 14.6. The molecule has 5 rings (SSSR count). The smallest absolute Gasteiger partial charge is 0.131 e. The van der Waals surface area contributed by atoms with Crippen LogP contribution >= 0.6 is 0 Å². The summed E-state index contributed by atoms with van der Waals surface area (Å²) in [6, 6.07) is 11.8. The van der Waals surface area contributed by atoms with E-state index in [0.29, 0.717) is 23.2 Å². The molecule has 2 atom stereocenters. The molecule has 0 spiro atoms. The van der Waals surface area contributed by atoms with E-state index in [9.17, 15) is 9.65 Å². The molecule has 4 nitrogen and oxygen atoms in total. The first-order chi connectivity index (χ1) is 12.7. The number of nitrogens with one attached hydrogen (secondary N) is 2. The van der Waals surface area contributed by atoms with E-state index in [1.54, 1.807) is 6.07 Å². The summed E-state index contributed by atoms with van der Waals surface area (Å²) in [6.45, 7) is 4.15. The zero-order valence-electron chi connectivity index (χ0n) is 14.6. The minimum absolute atomic E-state index is 0.276. The van der Waals surface area contributed by atoms with E-state index < -0.39 is 0 Å². The highest BCUT2D eigenvalue weighted by Gasteiger charge is 2.44. The number of rotatable bonds is 3. The molecule has 3 heterocycles. The number of nitrogens with zero attached hydrogens (tertiary/aromatic N) is 2. The van der Waals surface area contributed by atoms with Gasteiger partial charge in [0.15, 0.2) is 0 Å². The molecule has 2 fully saturated rings. The Kier molecular flexibility index (Phi) is 3.70. The lowest BCUT2D eigenvalue weighted by Crippen LogP contribution is -2.35. The number of piperidine rings is 1. The predicted molar refractivity (Wildman–Crippen MR) is 99.2 cm³/mol. The maximum Gasteiger partial charge on any atom is 0.131 e. The fourth-order valence-corrected chi connectivity index (χ4v) is 4.30. The second-order valence-corrected chi connectivity index (χ2v) is 7.51. The molecule has 2 saturated heterocycles. The topological polar surface area (TPSA) is 50.9 Å². The first-order valence-electron chi connectivity index (χ1n) is 9.31. The molecule has 26 heavy (non-hydrogen) atoms. The Balaban J connectivity index is 1.58. The average Bonchev–Trinajstić information content (AvgIpc) is 3.35. The van der Waals surface area contributed by atoms with Crippen molar-refractivity contribution in [1.29, 1.82) is 5.26 Å². The third-order valence-electron chi connectivity index (χ3n) is 5.82. The van der Waals surface area contributed by atoms with Gasteiger partial charge in [-0.05, 0) is 73.0 Å². The standard InChI is InChI=1S/C21H21FN4/c22-19-2-1-13(10-23)7-16(19)14-8-17-18(11-26-12-21(17)26)20(9-14)25-15-3-5-24-6-4-15/h1-2,7-9,15,21,24-25H,3-6,11-12H2. The van der Waals surface area contributed by atoms with Crippen LogP contribution in [0.4, 0.5) is 10.1 Å². The molecule has 2 N–H and O–H groups in total. The first-order valence-corrected chi connectivity index (χ1v) is 9.31. The summed E-state index contributed by atoms with van der Waals surface area (Å²) in [6.07, 6.45) is 2.20. The van der Waals surface area contributed by atoms with Gasteiger partial charge >= 0.3 is 0 Å². The first kappa shape index (κ1) is 15.8. The molecule has 0 aliphatic carbocycles. The fourth-order valence-electron chi connectivity index (χ4n) is 4.30. The van der Waals surface area contributed by atoms with E-state index in [1.165, 1.54) is 23.3 Å². The van der Waals surface area contributed by atoms with E-state index >= 15 is 0 Å². The van der Waals surface area contributed by atoms with Gasteiger partial charge in [0.2, 0.25) is 0 Å². The molecule has 2 aromatic rings. The summed E-state index contributed by atoms with van der Waals surface area (Å²) in [5.74, 6) is -0.276. The normalized spacial score (nSPS) is 23.8. The van der Waals surface area contributed by atoms with Crippen molar-refractivity contribution in [3.63, 3.8) is 0 Å². The molecule has 0 radical (unpaired) electrons. The van der Waals surface area contributed by atoms with E-state index in [-0.39, 0.29) is 5.82 Å². The molecule has 0 saturated carbocycles. The molecular weight excluding hydrogens is 327 g/mol. The Bertz CT molecular complexity index is 911. The van der Waals surface area contributed by atoms with E-state index in [2.05, 4.69) is 33.7 Å². The van der Waals surface area contributed by atoms with Crippen molar-refractivity contribution < 1.29 is 4.39 Å². The van der Waals surface area contributed by atoms with E-state index in [0.717, 1.165) is 50.3 Å². The van der Waals surface area contributed by atoms with Crippen LogP contribution in [0.15, 0.2) is 30.3 Å². The molecule has 0 bridgehead atoms. The summed E-state index contributed by atoms with van der Waals surface area (Å²) in [5.41, 5.74) is 5.69. The second-order valence-electron chi connectivity index (χ2n) is 7.51. The number of anilines is 1. The Morgan fingerprint density at radius 3 is 2.85 bits per heavy atom. The third-order valence-corrected chi connectivity index (χ3v) is 5.82. The van der Waals surface area contributed by atoms with Gasteiger partial charge in [0.25, 0.3) is 0 Å². The van der Waals surface area contributed by atoms with E-state index in [4.69, 9.17) is 0 Å². The van der Waals surface area contributed by atoms with E-state index in [1.807, 2.05) is 0 Å². The fraction of sp³-hybridized carbons (Fsp3) is 0.381. The van der Waals surface area contributed by atoms with Gasteiger partial charge < -0.3 is 10.6 Å². The van der Waals surface area contributed by atoms with Crippen molar-refractivity contribution in [3.8, 4) is 17.2 Å². The van der Waals surface area contributed by atoms with Gasteiger partial charge in [-0.15, -0.1) is 0 Å². The van der Waals surface area contributed by atoms with Gasteiger partial charge in [-0.2, -0.15) is 5.26 Å². The second kappa shape index (κ2) is 6.08. The number of hydrogen-bond donors (Lipinski definition) is 2. The maximum atomic E-state index is 14.5. The lowest BCUT2D eigenvalue weighted by Gasteiger charge is -2.26. The molecule has 5 heteroatoms. The summed E-state index contributed by atoms with van der Waals surface area (Å²) < 4.78 is 14.5. The summed E-state index contributed by atoms with van der Waals surface area (Å²) in [4.78, 5) is 2.43. The third kappa shape index (κ3) is 2.66. The van der Waals surface area contributed by atoms with Gasteiger partial charge in [-0.1, -0.05) is 0 Å². The highest BCUT2D eigenvalue weighted by Crippen LogP contribution is 2.49. The largest absolute Gasteiger partial charge is 0.382 e. The van der Waals surface area contributed by atoms with Crippen LogP contribution in [0.25, 0.3) is 11.1 Å². The van der Waals surface area contributed by atoms with Crippen LogP contribution in [-0.2, 0) is 6.54 Å². The van der Waals surface area contributed by atoms with Crippen LogP contribution in [0.1, 0.15) is 35.6 Å². The molecule has 0 amide bonds. The minimum Gasteiger partial charge on any atom is -0.382 e. The monoisotopic (exact) mass is 348 g/mol. The summed E-state index contributed by atoms with van der Waals surface area (Å²) in [7, 11) is 0. The summed E-state index contributed by atoms with van der Waals surface area (Å²) in [5, 5.41) is 16.3. The van der Waals surface area contributed by atoms with Gasteiger partial charge in [-0.3, -0.25) is 4.90 Å². The van der Waals surface area contributed by atoms with Crippen molar-refractivity contribution in [2.45, 2.75) is 31.5 Å². The van der Waals surface area contributed by atoms with Crippen molar-refractivity contribution in [2.75, 3.05) is 25.0 Å². The number of nitriles is 1. The van der Waals surface area contributed by atoms with Gasteiger partial charge in [0.1, 0.15) is 5.82 Å². The molecule has 3 aliphatic rings. The lowest BCUT2D eigenvalue weighted by atomic mass is 9.94. The highest BCUT2D eigenvalue weighted by atomic mass is 19.1. The van der Waals surface area contributed by atoms with Crippen molar-refractivity contribution in [3.05, 3.63) is 52.8 Å². The summed E-state index contributed by atoms with van der Waals surface area (Å²) >= 11 is 0. The molecule has 2 aromatic carbocycles. The van der Waals surface area contributed by atoms with Crippen LogP contribution in [0, 0.1) is 17.1 Å². The Morgan fingerprint density at radius 1 is 1.19 bits per heavy atom.